The van der Waals surface area contributed by atoms with Crippen molar-refractivity contribution in [2.45, 2.75) is 6.42 Å². The molecule has 0 saturated heterocycles. The van der Waals surface area contributed by atoms with Gasteiger partial charge in [-0.1, -0.05) is 0 Å². The van der Waals surface area contributed by atoms with E-state index >= 15 is 0 Å². The quantitative estimate of drug-likeness (QED) is 0.571. The predicted molar refractivity (Wildman–Crippen MR) is 45.5 cm³/mol. The first kappa shape index (κ1) is 9.00. The molecule has 64 valence electrons. The van der Waals surface area contributed by atoms with Crippen LogP contribution >= 0.6 is 12.4 Å². The number of rotatable bonds is 0. The fourth-order valence-corrected chi connectivity index (χ4v) is 1.16. The maximum absolute atomic E-state index is 11.0. The van der Waals surface area contributed by atoms with Crippen molar-refractivity contribution in [3.05, 3.63) is 29.6 Å². The molecular weight excluding hydrogens is 178 g/mol. The zero-order valence-electron chi connectivity index (χ0n) is 6.32. The Labute approximate surface area is 76.2 Å². The monoisotopic (exact) mass is 185 g/mol. The van der Waals surface area contributed by atoms with Gasteiger partial charge in [0.05, 0.1) is 12.2 Å². The van der Waals surface area contributed by atoms with Crippen LogP contribution in [0, 0.1) is 0 Å². The largest absolute Gasteiger partial charge is 0.462 e. The predicted octanol–water partition coefficient (Wildman–Crippen LogP) is 1.22. The van der Waals surface area contributed by atoms with Crippen LogP contribution in [-0.2, 0) is 11.2 Å². The Bertz CT molecular complexity index is 301. The number of halogens is 1. The van der Waals surface area contributed by atoms with Crippen molar-refractivity contribution >= 4 is 18.4 Å². The van der Waals surface area contributed by atoms with E-state index in [1.54, 1.807) is 12.4 Å². The van der Waals surface area contributed by atoms with Crippen LogP contribution in [0.15, 0.2) is 18.5 Å². The second-order valence-corrected chi connectivity index (χ2v) is 2.42. The zero-order chi connectivity index (χ0) is 7.68. The molecule has 0 amide bonds. The lowest BCUT2D eigenvalue weighted by atomic mass is 10.1. The summed E-state index contributed by atoms with van der Waals surface area (Å²) in [7, 11) is 0. The van der Waals surface area contributed by atoms with Crippen molar-refractivity contribution in [3.8, 4) is 0 Å². The van der Waals surface area contributed by atoms with E-state index in [9.17, 15) is 4.79 Å². The van der Waals surface area contributed by atoms with E-state index in [1.165, 1.54) is 0 Å². The molecule has 1 aromatic rings. The van der Waals surface area contributed by atoms with Crippen LogP contribution in [0.5, 0.6) is 0 Å². The van der Waals surface area contributed by atoms with E-state index in [0.717, 1.165) is 12.0 Å². The maximum Gasteiger partial charge on any atom is 0.339 e. The van der Waals surface area contributed by atoms with Gasteiger partial charge in [0.1, 0.15) is 0 Å². The fourth-order valence-electron chi connectivity index (χ4n) is 1.16. The molecule has 0 aliphatic carbocycles. The molecule has 0 radical (unpaired) electrons. The smallest absolute Gasteiger partial charge is 0.339 e. The van der Waals surface area contributed by atoms with Crippen LogP contribution < -0.4 is 0 Å². The Morgan fingerprint density at radius 2 is 2.33 bits per heavy atom. The van der Waals surface area contributed by atoms with Crippen molar-refractivity contribution in [1.29, 1.82) is 0 Å². The van der Waals surface area contributed by atoms with Crippen molar-refractivity contribution in [2.24, 2.45) is 0 Å². The minimum Gasteiger partial charge on any atom is -0.462 e. The molecule has 0 aromatic carbocycles. The van der Waals surface area contributed by atoms with Crippen LogP contribution in [0.2, 0.25) is 0 Å². The van der Waals surface area contributed by atoms with Gasteiger partial charge in [-0.3, -0.25) is 4.98 Å². The molecule has 2 rings (SSSR count). The van der Waals surface area contributed by atoms with E-state index in [-0.39, 0.29) is 18.4 Å². The number of aromatic nitrogens is 1. The van der Waals surface area contributed by atoms with Gasteiger partial charge < -0.3 is 4.74 Å². The van der Waals surface area contributed by atoms with Gasteiger partial charge in [0.25, 0.3) is 0 Å². The highest BCUT2D eigenvalue weighted by Gasteiger charge is 2.17. The molecule has 0 saturated carbocycles. The SMILES string of the molecule is Cl.O=C1OCCc2ccncc21. The lowest BCUT2D eigenvalue weighted by molar-refractivity contribution is 0.0479. The van der Waals surface area contributed by atoms with Gasteiger partial charge in [-0.25, -0.2) is 4.79 Å². The Balaban J connectivity index is 0.000000720. The molecule has 4 heteroatoms. The van der Waals surface area contributed by atoms with E-state index in [4.69, 9.17) is 4.74 Å². The second-order valence-electron chi connectivity index (χ2n) is 2.42. The van der Waals surface area contributed by atoms with Gasteiger partial charge in [-0.05, 0) is 11.6 Å². The maximum atomic E-state index is 11.0. The third-order valence-corrected chi connectivity index (χ3v) is 1.74. The van der Waals surface area contributed by atoms with E-state index < -0.39 is 0 Å². The summed E-state index contributed by atoms with van der Waals surface area (Å²) in [5.41, 5.74) is 1.65. The minimum absolute atomic E-state index is 0. The number of fused-ring (bicyclic) bond motifs is 1. The summed E-state index contributed by atoms with van der Waals surface area (Å²) in [5, 5.41) is 0. The fraction of sp³-hybridized carbons (Fsp3) is 0.250. The van der Waals surface area contributed by atoms with Crippen LogP contribution in [0.3, 0.4) is 0 Å². The molecule has 0 spiro atoms. The molecule has 1 aromatic heterocycles. The van der Waals surface area contributed by atoms with Crippen LogP contribution in [-0.4, -0.2) is 17.6 Å². The van der Waals surface area contributed by atoms with Gasteiger partial charge in [0.15, 0.2) is 0 Å². The molecule has 12 heavy (non-hydrogen) atoms. The summed E-state index contributed by atoms with van der Waals surface area (Å²) in [6.07, 6.45) is 4.05. The number of ether oxygens (including phenoxy) is 1. The van der Waals surface area contributed by atoms with Gasteiger partial charge in [-0.15, -0.1) is 12.4 Å². The van der Waals surface area contributed by atoms with E-state index in [0.29, 0.717) is 12.2 Å². The lowest BCUT2D eigenvalue weighted by Crippen LogP contribution is -2.17. The molecule has 0 N–H and O–H groups in total. The van der Waals surface area contributed by atoms with Crippen LogP contribution in [0.1, 0.15) is 15.9 Å². The zero-order valence-corrected chi connectivity index (χ0v) is 7.13. The van der Waals surface area contributed by atoms with Crippen molar-refractivity contribution in [2.75, 3.05) is 6.61 Å². The third-order valence-electron chi connectivity index (χ3n) is 1.74. The van der Waals surface area contributed by atoms with E-state index in [1.807, 2.05) is 6.07 Å². The summed E-state index contributed by atoms with van der Waals surface area (Å²) in [6, 6.07) is 1.86. The molecule has 1 aliphatic rings. The highest BCUT2D eigenvalue weighted by Crippen LogP contribution is 2.13. The number of esters is 1. The Kier molecular flexibility index (Phi) is 2.65. The normalized spacial score (nSPS) is 14.2. The van der Waals surface area contributed by atoms with Crippen LogP contribution in [0.4, 0.5) is 0 Å². The molecule has 0 atom stereocenters. The van der Waals surface area contributed by atoms with Crippen molar-refractivity contribution in [3.63, 3.8) is 0 Å². The summed E-state index contributed by atoms with van der Waals surface area (Å²) in [6.45, 7) is 0.496. The first-order valence-electron chi connectivity index (χ1n) is 3.48. The topological polar surface area (TPSA) is 39.2 Å². The molecular formula is C8H8ClNO2. The number of cyclic esters (lactones) is 1. The van der Waals surface area contributed by atoms with Gasteiger partial charge in [0.2, 0.25) is 0 Å². The summed E-state index contributed by atoms with van der Waals surface area (Å²) in [5.74, 6) is -0.251. The average molecular weight is 186 g/mol. The van der Waals surface area contributed by atoms with E-state index in [2.05, 4.69) is 4.98 Å². The molecule has 0 unspecified atom stereocenters. The van der Waals surface area contributed by atoms with Crippen molar-refractivity contribution in [1.82, 2.24) is 4.98 Å². The first-order chi connectivity index (χ1) is 5.38. The number of hydrogen-bond acceptors (Lipinski definition) is 3. The highest BCUT2D eigenvalue weighted by atomic mass is 35.5. The van der Waals surface area contributed by atoms with Crippen LogP contribution in [0.25, 0.3) is 0 Å². The lowest BCUT2D eigenvalue weighted by Gasteiger charge is -2.13. The van der Waals surface area contributed by atoms with Crippen molar-refractivity contribution < 1.29 is 9.53 Å². The summed E-state index contributed by atoms with van der Waals surface area (Å²) >= 11 is 0. The Morgan fingerprint density at radius 1 is 1.50 bits per heavy atom. The number of hydrogen-bond donors (Lipinski definition) is 0. The minimum atomic E-state index is -0.251. The Morgan fingerprint density at radius 3 is 3.08 bits per heavy atom. The average Bonchev–Trinajstić information content (AvgIpc) is 2.06. The highest BCUT2D eigenvalue weighted by molar-refractivity contribution is 5.91. The summed E-state index contributed by atoms with van der Waals surface area (Å²) < 4.78 is 4.83. The molecule has 2 heterocycles. The first-order valence-corrected chi connectivity index (χ1v) is 3.48. The third kappa shape index (κ3) is 1.41. The summed E-state index contributed by atoms with van der Waals surface area (Å²) in [4.78, 5) is 14.9. The number of carbonyl (C=O) groups excluding carboxylic acids is 1. The number of carbonyl (C=O) groups is 1. The van der Waals surface area contributed by atoms with Gasteiger partial charge >= 0.3 is 5.97 Å². The molecule has 1 aliphatic heterocycles. The van der Waals surface area contributed by atoms with Gasteiger partial charge in [0, 0.05) is 18.8 Å². The molecule has 0 bridgehead atoms. The second kappa shape index (κ2) is 3.54. The van der Waals surface area contributed by atoms with Gasteiger partial charge in [-0.2, -0.15) is 0 Å². The molecule has 0 fully saturated rings. The molecule has 3 nitrogen and oxygen atoms in total. The Hall–Kier alpha value is -1.09. The standard InChI is InChI=1S/C8H7NO2.ClH/c10-8-7-5-9-3-1-6(7)2-4-11-8;/h1,3,5H,2,4H2;1H. The number of nitrogens with zero attached hydrogens (tertiary/aromatic N) is 1. The number of pyridine rings is 1.